The highest BCUT2D eigenvalue weighted by Crippen LogP contribution is 2.18. The van der Waals surface area contributed by atoms with Crippen LogP contribution >= 0.6 is 11.2 Å². The Balaban J connectivity index is 2.24. The van der Waals surface area contributed by atoms with Gasteiger partial charge in [0, 0.05) is 18.5 Å². The molecule has 0 unspecified atom stereocenters. The zero-order valence-electron chi connectivity index (χ0n) is 9.73. The zero-order valence-corrected chi connectivity index (χ0v) is 11.6. The number of nitrogens with zero attached hydrogens (tertiary/aromatic N) is 1. The second-order valence-corrected chi connectivity index (χ2v) is 13.9. The number of aliphatic imine (C=N–C) groups is 1. The van der Waals surface area contributed by atoms with E-state index in [-0.39, 0.29) is 0 Å². The van der Waals surface area contributed by atoms with Gasteiger partial charge in [-0.1, -0.05) is 50.0 Å². The van der Waals surface area contributed by atoms with E-state index >= 15 is 0 Å². The van der Waals surface area contributed by atoms with Crippen molar-refractivity contribution < 1.29 is 0 Å². The van der Waals surface area contributed by atoms with Crippen LogP contribution in [0.2, 0.25) is 19.6 Å². The molecular weight excluding hydrogens is 218 g/mol. The zero-order chi connectivity index (χ0) is 11.1. The van der Waals surface area contributed by atoms with E-state index in [1.165, 1.54) is 5.56 Å². The van der Waals surface area contributed by atoms with Crippen LogP contribution in [0.25, 0.3) is 0 Å². The molecule has 0 radical (unpaired) electrons. The van der Waals surface area contributed by atoms with E-state index in [2.05, 4.69) is 48.0 Å². The normalized spacial score (nSPS) is 12.2. The maximum absolute atomic E-state index is 4.42. The molecule has 0 amide bonds. The first kappa shape index (κ1) is 12.5. The molecule has 1 aromatic carbocycles. The molecule has 0 saturated heterocycles. The molecule has 0 bridgehead atoms. The van der Waals surface area contributed by atoms with Crippen molar-refractivity contribution in [2.75, 3.05) is 12.3 Å². The van der Waals surface area contributed by atoms with Crippen LogP contribution in [-0.4, -0.2) is 25.7 Å². The van der Waals surface area contributed by atoms with Crippen molar-refractivity contribution in [2.45, 2.75) is 19.6 Å². The van der Waals surface area contributed by atoms with Crippen molar-refractivity contribution in [1.29, 1.82) is 0 Å². The minimum absolute atomic E-state index is 0.934. The molecule has 3 heteroatoms. The van der Waals surface area contributed by atoms with Crippen LogP contribution in [0.15, 0.2) is 35.3 Å². The van der Waals surface area contributed by atoms with Gasteiger partial charge in [-0.25, -0.2) is 0 Å². The second-order valence-electron chi connectivity index (χ2n) is 4.41. The maximum Gasteiger partial charge on any atom is 0.108 e. The summed E-state index contributed by atoms with van der Waals surface area (Å²) in [6.45, 7) is 8.06. The number of hydrogen-bond acceptors (Lipinski definition) is 2. The topological polar surface area (TPSA) is 12.4 Å². The highest BCUT2D eigenvalue weighted by atomic mass is 32.4. The van der Waals surface area contributed by atoms with Crippen molar-refractivity contribution in [3.05, 3.63) is 35.9 Å². The monoisotopic (exact) mass is 237 g/mol. The number of hydrogen-bond donors (Lipinski definition) is 0. The molecule has 0 spiro atoms. The summed E-state index contributed by atoms with van der Waals surface area (Å²) in [5, 5.41) is 0. The van der Waals surface area contributed by atoms with Crippen LogP contribution in [0.3, 0.4) is 0 Å². The minimum Gasteiger partial charge on any atom is -0.292 e. The molecule has 1 aromatic rings. The molecule has 82 valence electrons. The summed E-state index contributed by atoms with van der Waals surface area (Å²) in [7, 11) is -0.944. The molecular formula is C12H19NSSi. The van der Waals surface area contributed by atoms with Crippen LogP contribution < -0.4 is 0 Å². The molecule has 1 rings (SSSR count). The smallest absolute Gasteiger partial charge is 0.108 e. The van der Waals surface area contributed by atoms with Crippen LogP contribution in [0.1, 0.15) is 5.56 Å². The average molecular weight is 237 g/mol. The van der Waals surface area contributed by atoms with Gasteiger partial charge in [-0.2, -0.15) is 11.2 Å². The Morgan fingerprint density at radius 3 is 2.47 bits per heavy atom. The summed E-state index contributed by atoms with van der Waals surface area (Å²) in [5.74, 6) is 1.15. The first-order chi connectivity index (χ1) is 7.08. The van der Waals surface area contributed by atoms with Gasteiger partial charge in [0.05, 0.1) is 0 Å². The molecule has 0 aliphatic carbocycles. The lowest BCUT2D eigenvalue weighted by molar-refractivity contribution is 1.16. The largest absolute Gasteiger partial charge is 0.292 e. The maximum atomic E-state index is 4.42. The quantitative estimate of drug-likeness (QED) is 0.432. The van der Waals surface area contributed by atoms with Crippen LogP contribution in [0, 0.1) is 0 Å². The standard InChI is InChI=1S/C12H19NSSi/c1-15(2,3)14-10-9-13-11-12-7-5-4-6-8-12/h4-8,11H,9-10H2,1-3H3/b13-11+. The van der Waals surface area contributed by atoms with Gasteiger partial charge in [-0.15, -0.1) is 0 Å². The summed E-state index contributed by atoms with van der Waals surface area (Å²) in [6.07, 6.45) is 1.96. The highest BCUT2D eigenvalue weighted by molar-refractivity contribution is 8.28. The van der Waals surface area contributed by atoms with E-state index in [0.29, 0.717) is 0 Å². The Morgan fingerprint density at radius 1 is 1.20 bits per heavy atom. The lowest BCUT2D eigenvalue weighted by atomic mass is 10.2. The molecule has 0 heterocycles. The summed E-state index contributed by atoms with van der Waals surface area (Å²) in [4.78, 5) is 4.42. The van der Waals surface area contributed by atoms with E-state index in [1.54, 1.807) is 0 Å². The van der Waals surface area contributed by atoms with Crippen LogP contribution in [-0.2, 0) is 0 Å². The molecule has 15 heavy (non-hydrogen) atoms. The SMILES string of the molecule is C[Si](C)(C)SCC/N=C/c1ccccc1. The van der Waals surface area contributed by atoms with Gasteiger partial charge in [0.1, 0.15) is 7.22 Å². The van der Waals surface area contributed by atoms with Gasteiger partial charge in [0.2, 0.25) is 0 Å². The second kappa shape index (κ2) is 6.13. The third kappa shape index (κ3) is 6.52. The van der Waals surface area contributed by atoms with Gasteiger partial charge < -0.3 is 0 Å². The Labute approximate surface area is 97.7 Å². The lowest BCUT2D eigenvalue weighted by Gasteiger charge is -2.13. The number of rotatable bonds is 5. The fourth-order valence-electron chi connectivity index (χ4n) is 1.11. The summed E-state index contributed by atoms with van der Waals surface area (Å²) in [5.41, 5.74) is 1.19. The van der Waals surface area contributed by atoms with Crippen molar-refractivity contribution in [1.82, 2.24) is 0 Å². The van der Waals surface area contributed by atoms with Gasteiger partial charge >= 0.3 is 0 Å². The average Bonchev–Trinajstić information content (AvgIpc) is 2.17. The third-order valence-electron chi connectivity index (χ3n) is 1.80. The molecule has 0 fully saturated rings. The van der Waals surface area contributed by atoms with E-state index < -0.39 is 7.22 Å². The van der Waals surface area contributed by atoms with E-state index in [0.717, 1.165) is 12.3 Å². The first-order valence-corrected chi connectivity index (χ1v) is 10.5. The predicted octanol–water partition coefficient (Wildman–Crippen LogP) is 3.67. The summed E-state index contributed by atoms with van der Waals surface area (Å²) in [6, 6.07) is 10.3. The van der Waals surface area contributed by atoms with Crippen molar-refractivity contribution in [2.24, 2.45) is 4.99 Å². The highest BCUT2D eigenvalue weighted by Gasteiger charge is 2.11. The Bertz CT molecular complexity index is 303. The van der Waals surface area contributed by atoms with Crippen molar-refractivity contribution >= 4 is 24.6 Å². The molecule has 1 nitrogen and oxygen atoms in total. The third-order valence-corrected chi connectivity index (χ3v) is 6.26. The lowest BCUT2D eigenvalue weighted by Crippen LogP contribution is -2.15. The van der Waals surface area contributed by atoms with Crippen molar-refractivity contribution in [3.63, 3.8) is 0 Å². The van der Waals surface area contributed by atoms with Crippen LogP contribution in [0.4, 0.5) is 0 Å². The summed E-state index contributed by atoms with van der Waals surface area (Å²) >= 11 is 2.09. The molecule has 0 atom stereocenters. The van der Waals surface area contributed by atoms with Gasteiger partial charge in [-0.05, 0) is 5.56 Å². The summed E-state index contributed by atoms with van der Waals surface area (Å²) < 4.78 is 0. The fourth-order valence-corrected chi connectivity index (χ4v) is 4.03. The van der Waals surface area contributed by atoms with Gasteiger partial charge in [0.15, 0.2) is 0 Å². The molecule has 0 saturated carbocycles. The van der Waals surface area contributed by atoms with Gasteiger partial charge in [-0.3, -0.25) is 4.99 Å². The van der Waals surface area contributed by atoms with Crippen LogP contribution in [0.5, 0.6) is 0 Å². The number of benzene rings is 1. The van der Waals surface area contributed by atoms with Gasteiger partial charge in [0.25, 0.3) is 0 Å². The Hall–Kier alpha value is -0.543. The van der Waals surface area contributed by atoms with E-state index in [1.807, 2.05) is 24.4 Å². The van der Waals surface area contributed by atoms with Crippen molar-refractivity contribution in [3.8, 4) is 0 Å². The van der Waals surface area contributed by atoms with E-state index in [4.69, 9.17) is 0 Å². The minimum atomic E-state index is -0.944. The molecule has 0 N–H and O–H groups in total. The molecule has 0 aliphatic heterocycles. The first-order valence-electron chi connectivity index (χ1n) is 5.27. The molecule has 0 aliphatic rings. The predicted molar refractivity (Wildman–Crippen MR) is 74.7 cm³/mol. The fraction of sp³-hybridized carbons (Fsp3) is 0.417. The molecule has 0 aromatic heterocycles. The Morgan fingerprint density at radius 2 is 1.87 bits per heavy atom. The van der Waals surface area contributed by atoms with E-state index in [9.17, 15) is 0 Å². The Kier molecular flexibility index (Phi) is 5.12.